The van der Waals surface area contributed by atoms with Crippen molar-refractivity contribution in [1.29, 1.82) is 0 Å². The summed E-state index contributed by atoms with van der Waals surface area (Å²) in [6.07, 6.45) is 67.2. The van der Waals surface area contributed by atoms with E-state index in [4.69, 9.17) is 9.47 Å². The molecule has 1 unspecified atom stereocenters. The molecule has 0 spiro atoms. The fraction of sp³-hybridized carbons (Fsp3) is 0.895. The molecule has 5 nitrogen and oxygen atoms in total. The summed E-state index contributed by atoms with van der Waals surface area (Å²) in [4.78, 5) is 24.5. The third-order valence-electron chi connectivity index (χ3n) is 12.7. The van der Waals surface area contributed by atoms with Gasteiger partial charge in [0.2, 0.25) is 0 Å². The SMILES string of the molecule is CCCCCCC/C=C\C/C=C\CCCCCCCCCCCCCC(=O)OC(CO)COC(=O)CCCCCCCCCCCCCCCCCCCCCCCCCCC. The molecule has 0 aromatic heterocycles. The van der Waals surface area contributed by atoms with Crippen molar-refractivity contribution < 1.29 is 24.2 Å². The lowest BCUT2D eigenvalue weighted by atomic mass is 10.0. The predicted molar refractivity (Wildman–Crippen MR) is 270 cm³/mol. The molecule has 0 heterocycles. The molecule has 366 valence electrons. The Morgan fingerprint density at radius 3 is 0.952 bits per heavy atom. The van der Waals surface area contributed by atoms with Crippen molar-refractivity contribution in [3.05, 3.63) is 24.3 Å². The summed E-state index contributed by atoms with van der Waals surface area (Å²) in [6.45, 7) is 4.18. The predicted octanol–water partition coefficient (Wildman–Crippen LogP) is 18.5. The number of hydrogen-bond donors (Lipinski definition) is 1. The van der Waals surface area contributed by atoms with E-state index in [1.807, 2.05) is 0 Å². The van der Waals surface area contributed by atoms with Crippen LogP contribution < -0.4 is 0 Å². The second kappa shape index (κ2) is 53.7. The van der Waals surface area contributed by atoms with E-state index in [0.29, 0.717) is 12.8 Å². The lowest BCUT2D eigenvalue weighted by Gasteiger charge is -2.15. The zero-order chi connectivity index (χ0) is 44.9. The van der Waals surface area contributed by atoms with Crippen LogP contribution in [0.5, 0.6) is 0 Å². The fourth-order valence-electron chi connectivity index (χ4n) is 8.53. The highest BCUT2D eigenvalue weighted by molar-refractivity contribution is 5.70. The van der Waals surface area contributed by atoms with Crippen molar-refractivity contribution in [3.63, 3.8) is 0 Å². The van der Waals surface area contributed by atoms with E-state index in [2.05, 4.69) is 38.2 Å². The van der Waals surface area contributed by atoms with Gasteiger partial charge in [-0.2, -0.15) is 0 Å². The average Bonchev–Trinajstić information content (AvgIpc) is 3.28. The third-order valence-corrected chi connectivity index (χ3v) is 12.7. The zero-order valence-electron chi connectivity index (χ0n) is 41.9. The van der Waals surface area contributed by atoms with E-state index in [9.17, 15) is 14.7 Å². The van der Waals surface area contributed by atoms with Gasteiger partial charge in [0.25, 0.3) is 0 Å². The van der Waals surface area contributed by atoms with Crippen LogP contribution in [0.25, 0.3) is 0 Å². The Balaban J connectivity index is 3.43. The second-order valence-electron chi connectivity index (χ2n) is 19.0. The molecule has 0 amide bonds. The number of allylic oxidation sites excluding steroid dienone is 4. The number of ether oxygens (including phenoxy) is 2. The van der Waals surface area contributed by atoms with Crippen LogP contribution in [0.15, 0.2) is 24.3 Å². The Morgan fingerprint density at radius 2 is 0.645 bits per heavy atom. The summed E-state index contributed by atoms with van der Waals surface area (Å²) in [5.74, 6) is -0.574. The number of hydrogen-bond acceptors (Lipinski definition) is 5. The number of aliphatic hydroxyl groups is 1. The van der Waals surface area contributed by atoms with Gasteiger partial charge < -0.3 is 14.6 Å². The van der Waals surface area contributed by atoms with Crippen LogP contribution >= 0.6 is 0 Å². The molecule has 0 rings (SSSR count). The Bertz CT molecular complexity index is 943. The monoisotopic (exact) mass is 873 g/mol. The van der Waals surface area contributed by atoms with Gasteiger partial charge in [0.1, 0.15) is 6.61 Å². The van der Waals surface area contributed by atoms with Gasteiger partial charge in [-0.05, 0) is 44.9 Å². The number of aliphatic hydroxyl groups excluding tert-OH is 1. The first kappa shape index (κ1) is 60.4. The first-order valence-corrected chi connectivity index (χ1v) is 27.9. The van der Waals surface area contributed by atoms with Crippen LogP contribution in [-0.4, -0.2) is 36.4 Å². The maximum absolute atomic E-state index is 12.3. The number of unbranched alkanes of at least 4 members (excludes halogenated alkanes) is 40. The lowest BCUT2D eigenvalue weighted by Crippen LogP contribution is -2.28. The van der Waals surface area contributed by atoms with Gasteiger partial charge in [-0.15, -0.1) is 0 Å². The highest BCUT2D eigenvalue weighted by atomic mass is 16.6. The highest BCUT2D eigenvalue weighted by Gasteiger charge is 2.16. The van der Waals surface area contributed by atoms with Crippen molar-refractivity contribution >= 4 is 11.9 Å². The van der Waals surface area contributed by atoms with Crippen molar-refractivity contribution in [2.75, 3.05) is 13.2 Å². The number of esters is 2. The molecule has 0 saturated carbocycles. The van der Waals surface area contributed by atoms with E-state index < -0.39 is 6.10 Å². The molecule has 0 aliphatic carbocycles. The molecule has 1 N–H and O–H groups in total. The summed E-state index contributed by atoms with van der Waals surface area (Å²) in [5, 5.41) is 9.65. The molecular formula is C57H108O5. The quantitative estimate of drug-likeness (QED) is 0.0374. The number of carbonyl (C=O) groups excluding carboxylic acids is 2. The van der Waals surface area contributed by atoms with Gasteiger partial charge in [-0.25, -0.2) is 0 Å². The number of carbonyl (C=O) groups is 2. The smallest absolute Gasteiger partial charge is 0.306 e. The van der Waals surface area contributed by atoms with Crippen LogP contribution in [0.1, 0.15) is 309 Å². The van der Waals surface area contributed by atoms with Crippen LogP contribution in [0, 0.1) is 0 Å². The summed E-state index contributed by atoms with van der Waals surface area (Å²) in [6, 6.07) is 0. The minimum Gasteiger partial charge on any atom is -0.462 e. The molecule has 0 aliphatic rings. The topological polar surface area (TPSA) is 72.8 Å². The second-order valence-corrected chi connectivity index (χ2v) is 19.0. The molecule has 62 heavy (non-hydrogen) atoms. The molecule has 0 saturated heterocycles. The van der Waals surface area contributed by atoms with E-state index in [-0.39, 0.29) is 25.2 Å². The van der Waals surface area contributed by atoms with Gasteiger partial charge in [-0.1, -0.05) is 276 Å². The molecule has 0 radical (unpaired) electrons. The molecule has 0 aromatic rings. The van der Waals surface area contributed by atoms with Crippen LogP contribution in [-0.2, 0) is 19.1 Å². The van der Waals surface area contributed by atoms with E-state index in [1.54, 1.807) is 0 Å². The van der Waals surface area contributed by atoms with Crippen molar-refractivity contribution in [2.24, 2.45) is 0 Å². The molecule has 0 aliphatic heterocycles. The Hall–Kier alpha value is -1.62. The standard InChI is InChI=1S/C57H108O5/c1-3-5-7-9-11-13-15-17-19-21-23-25-27-28-30-31-33-35-37-39-41-43-45-47-49-51-56(59)61-54-55(53-58)62-57(60)52-50-48-46-44-42-40-38-36-34-32-29-26-24-22-20-18-16-14-12-10-8-6-4-2/h16,18,22,24,55,58H,3-15,17,19-21,23,25-54H2,1-2H3/b18-16-,24-22-. The minimum absolute atomic E-state index is 0.0607. The van der Waals surface area contributed by atoms with Gasteiger partial charge in [0.15, 0.2) is 6.10 Å². The summed E-state index contributed by atoms with van der Waals surface area (Å²) in [7, 11) is 0. The Morgan fingerprint density at radius 1 is 0.371 bits per heavy atom. The highest BCUT2D eigenvalue weighted by Crippen LogP contribution is 2.17. The van der Waals surface area contributed by atoms with Gasteiger partial charge in [0.05, 0.1) is 6.61 Å². The summed E-state index contributed by atoms with van der Waals surface area (Å²) < 4.78 is 10.7. The van der Waals surface area contributed by atoms with Crippen molar-refractivity contribution in [2.45, 2.75) is 315 Å². The van der Waals surface area contributed by atoms with Gasteiger partial charge >= 0.3 is 11.9 Å². The maximum Gasteiger partial charge on any atom is 0.306 e. The van der Waals surface area contributed by atoms with Crippen LogP contribution in [0.4, 0.5) is 0 Å². The molecule has 1 atom stereocenters. The zero-order valence-corrected chi connectivity index (χ0v) is 41.9. The molecule has 5 heteroatoms. The maximum atomic E-state index is 12.3. The molecule has 0 fully saturated rings. The van der Waals surface area contributed by atoms with Crippen molar-refractivity contribution in [3.8, 4) is 0 Å². The van der Waals surface area contributed by atoms with E-state index in [1.165, 1.54) is 244 Å². The van der Waals surface area contributed by atoms with Crippen molar-refractivity contribution in [1.82, 2.24) is 0 Å². The van der Waals surface area contributed by atoms with Gasteiger partial charge in [0, 0.05) is 12.8 Å². The molecule has 0 aromatic carbocycles. The van der Waals surface area contributed by atoms with Crippen LogP contribution in [0.2, 0.25) is 0 Å². The van der Waals surface area contributed by atoms with Crippen LogP contribution in [0.3, 0.4) is 0 Å². The molecule has 0 bridgehead atoms. The largest absolute Gasteiger partial charge is 0.462 e. The first-order chi connectivity index (χ1) is 30.6. The summed E-state index contributed by atoms with van der Waals surface area (Å²) in [5.41, 5.74) is 0. The van der Waals surface area contributed by atoms with E-state index >= 15 is 0 Å². The number of rotatable bonds is 52. The third kappa shape index (κ3) is 51.0. The average molecular weight is 873 g/mol. The first-order valence-electron chi connectivity index (χ1n) is 27.9. The Labute approximate surface area is 387 Å². The summed E-state index contributed by atoms with van der Waals surface area (Å²) >= 11 is 0. The normalized spacial score (nSPS) is 12.2. The minimum atomic E-state index is -0.769. The Kier molecular flexibility index (Phi) is 52.3. The lowest BCUT2D eigenvalue weighted by molar-refractivity contribution is -0.161. The van der Waals surface area contributed by atoms with E-state index in [0.717, 1.165) is 38.5 Å². The van der Waals surface area contributed by atoms with Gasteiger partial charge in [-0.3, -0.25) is 9.59 Å². The fourth-order valence-corrected chi connectivity index (χ4v) is 8.53. The molecular weight excluding hydrogens is 765 g/mol.